The molecule has 1 fully saturated rings. The summed E-state index contributed by atoms with van der Waals surface area (Å²) >= 11 is 4.98. The fourth-order valence-electron chi connectivity index (χ4n) is 3.06. The molecular weight excluding hydrogens is 315 g/mol. The number of thiol groups is 1. The van der Waals surface area contributed by atoms with Crippen LogP contribution in [0.4, 0.5) is 0 Å². The van der Waals surface area contributed by atoms with E-state index in [4.69, 9.17) is 12.6 Å². The van der Waals surface area contributed by atoms with Crippen LogP contribution in [0, 0.1) is 25.7 Å². The van der Waals surface area contributed by atoms with Crippen LogP contribution in [0.3, 0.4) is 0 Å². The van der Waals surface area contributed by atoms with Gasteiger partial charge in [-0.05, 0) is 32.4 Å². The third-order valence-corrected chi connectivity index (χ3v) is 5.21. The second-order valence-electron chi connectivity index (χ2n) is 6.42. The first kappa shape index (κ1) is 19.4. The molecule has 0 amide bonds. The van der Waals surface area contributed by atoms with Gasteiger partial charge in [-0.15, -0.1) is 0 Å². The third kappa shape index (κ3) is 4.20. The van der Waals surface area contributed by atoms with Crippen LogP contribution in [0.1, 0.15) is 46.5 Å². The van der Waals surface area contributed by atoms with Crippen LogP contribution in [-0.2, 0) is 32.7 Å². The van der Waals surface area contributed by atoms with Crippen molar-refractivity contribution in [2.75, 3.05) is 13.6 Å². The second-order valence-corrected chi connectivity index (χ2v) is 7.41. The predicted octanol–water partition coefficient (Wildman–Crippen LogP) is 3.86. The molecule has 0 N–H and O–H groups in total. The number of likely N-dealkylation sites (tertiary alicyclic amines) is 1. The smallest absolute Gasteiger partial charge is 0.000841 e. The summed E-state index contributed by atoms with van der Waals surface area (Å²) in [5, 5.41) is 0. The quantitative estimate of drug-likeness (QED) is 0.599. The molecule has 4 atom stereocenters. The minimum atomic E-state index is -0.0481. The van der Waals surface area contributed by atoms with E-state index in [1.54, 1.807) is 0 Å². The summed E-state index contributed by atoms with van der Waals surface area (Å²) in [5.41, 5.74) is -0.0444. The van der Waals surface area contributed by atoms with Crippen molar-refractivity contribution in [2.45, 2.75) is 56.7 Å². The summed E-state index contributed by atoms with van der Waals surface area (Å²) in [4.78, 5) is 2.41. The molecule has 0 aromatic carbocycles. The standard InChI is InChI=1S/C15H29NS.Y/c1-7-12(2)11-15(5,17)14(4)10-13(3)8-9-16(14)6;/h12-13,17H,1,4,7-11H2,2-3,5-6H3;/q-2;. The topological polar surface area (TPSA) is 3.24 Å². The largest absolute Gasteiger partial charge is 0.343 e. The van der Waals surface area contributed by atoms with Crippen LogP contribution in [0.15, 0.2) is 0 Å². The fourth-order valence-corrected chi connectivity index (χ4v) is 3.64. The van der Waals surface area contributed by atoms with Crippen LogP contribution < -0.4 is 0 Å². The molecule has 18 heavy (non-hydrogen) atoms. The van der Waals surface area contributed by atoms with E-state index in [9.17, 15) is 0 Å². The Labute approximate surface area is 145 Å². The molecule has 0 aliphatic carbocycles. The Hall–Kier alpha value is 1.41. The van der Waals surface area contributed by atoms with Gasteiger partial charge in [-0.25, -0.2) is 0 Å². The Morgan fingerprint density at radius 2 is 2.11 bits per heavy atom. The maximum Gasteiger partial charge on any atom is 0.000841 e. The molecule has 4 unspecified atom stereocenters. The van der Waals surface area contributed by atoms with Gasteiger partial charge in [0, 0.05) is 37.5 Å². The summed E-state index contributed by atoms with van der Waals surface area (Å²) in [5.74, 6) is 1.37. The summed E-state index contributed by atoms with van der Waals surface area (Å²) in [7, 11) is 2.20. The van der Waals surface area contributed by atoms with Crippen LogP contribution in [0.5, 0.6) is 0 Å². The molecular formula is C15H29NSY-2. The molecule has 1 rings (SSSR count). The summed E-state index contributed by atoms with van der Waals surface area (Å²) in [6.07, 6.45) is 4.49. The summed E-state index contributed by atoms with van der Waals surface area (Å²) in [6, 6.07) is 0. The Balaban J connectivity index is 0.00000289. The molecule has 105 valence electrons. The van der Waals surface area contributed by atoms with Crippen LogP contribution >= 0.6 is 12.6 Å². The Morgan fingerprint density at radius 3 is 2.61 bits per heavy atom. The van der Waals surface area contributed by atoms with Gasteiger partial charge >= 0.3 is 0 Å². The van der Waals surface area contributed by atoms with Crippen molar-refractivity contribution in [3.05, 3.63) is 13.8 Å². The van der Waals surface area contributed by atoms with Crippen molar-refractivity contribution in [1.82, 2.24) is 4.90 Å². The van der Waals surface area contributed by atoms with E-state index in [2.05, 4.69) is 46.6 Å². The van der Waals surface area contributed by atoms with E-state index >= 15 is 0 Å². The van der Waals surface area contributed by atoms with E-state index in [0.717, 1.165) is 31.7 Å². The van der Waals surface area contributed by atoms with Gasteiger partial charge in [0.15, 0.2) is 0 Å². The first-order chi connectivity index (χ1) is 7.73. The molecule has 1 aliphatic heterocycles. The van der Waals surface area contributed by atoms with Gasteiger partial charge < -0.3 is 18.7 Å². The zero-order valence-corrected chi connectivity index (χ0v) is 16.3. The molecule has 0 spiro atoms. The van der Waals surface area contributed by atoms with Gasteiger partial charge in [-0.1, -0.05) is 38.6 Å². The number of hydrogen-bond donors (Lipinski definition) is 1. The molecule has 1 nitrogen and oxygen atoms in total. The van der Waals surface area contributed by atoms with Crippen LogP contribution in [0.2, 0.25) is 0 Å². The van der Waals surface area contributed by atoms with E-state index in [0.29, 0.717) is 5.92 Å². The van der Waals surface area contributed by atoms with E-state index in [1.165, 1.54) is 6.42 Å². The third-order valence-electron chi connectivity index (χ3n) is 4.62. The van der Waals surface area contributed by atoms with Crippen molar-refractivity contribution >= 4 is 12.6 Å². The van der Waals surface area contributed by atoms with Gasteiger partial charge in [-0.2, -0.15) is 19.0 Å². The van der Waals surface area contributed by atoms with Crippen molar-refractivity contribution in [1.29, 1.82) is 0 Å². The summed E-state index contributed by atoms with van der Waals surface area (Å²) < 4.78 is -0.0481. The average Bonchev–Trinajstić information content (AvgIpc) is 2.23. The molecule has 3 heteroatoms. The van der Waals surface area contributed by atoms with Gasteiger partial charge in [0.1, 0.15) is 0 Å². The Kier molecular flexibility index (Phi) is 8.01. The van der Waals surface area contributed by atoms with Crippen LogP contribution in [0.25, 0.3) is 0 Å². The Bertz CT molecular complexity index is 257. The average molecular weight is 344 g/mol. The zero-order chi connectivity index (χ0) is 13.3. The van der Waals surface area contributed by atoms with E-state index in [-0.39, 0.29) is 43.0 Å². The van der Waals surface area contributed by atoms with Crippen molar-refractivity contribution in [3.8, 4) is 0 Å². The van der Waals surface area contributed by atoms with E-state index < -0.39 is 0 Å². The van der Waals surface area contributed by atoms with E-state index in [1.807, 2.05) is 0 Å². The summed E-state index contributed by atoms with van der Waals surface area (Å²) in [6.45, 7) is 16.5. The predicted molar refractivity (Wildman–Crippen MR) is 80.3 cm³/mol. The second kappa shape index (κ2) is 7.43. The molecule has 0 bridgehead atoms. The number of piperidine rings is 1. The minimum Gasteiger partial charge on any atom is -0.343 e. The molecule has 1 heterocycles. The minimum absolute atomic E-state index is 0. The maximum absolute atomic E-state index is 4.98. The van der Waals surface area contributed by atoms with Gasteiger partial charge in [0.05, 0.1) is 0 Å². The number of hydrogen-bond acceptors (Lipinski definition) is 2. The van der Waals surface area contributed by atoms with Crippen molar-refractivity contribution in [3.63, 3.8) is 0 Å². The molecule has 1 saturated heterocycles. The molecule has 0 saturated carbocycles. The normalized spacial score (nSPS) is 34.5. The molecule has 1 aliphatic rings. The van der Waals surface area contributed by atoms with Gasteiger partial charge in [0.2, 0.25) is 0 Å². The van der Waals surface area contributed by atoms with Gasteiger partial charge in [-0.3, -0.25) is 0 Å². The molecule has 1 radical (unpaired) electrons. The van der Waals surface area contributed by atoms with Crippen molar-refractivity contribution < 1.29 is 32.7 Å². The van der Waals surface area contributed by atoms with Crippen molar-refractivity contribution in [2.24, 2.45) is 11.8 Å². The number of rotatable bonds is 4. The fraction of sp³-hybridized carbons (Fsp3) is 0.867. The maximum atomic E-state index is 4.98. The SMILES string of the molecule is [CH2-]CC(C)CC(C)(S)C1([CH2-])CC(C)CCN1C.[Y]. The molecule has 0 aromatic rings. The molecule has 0 aromatic heterocycles. The first-order valence-electron chi connectivity index (χ1n) is 6.81. The van der Waals surface area contributed by atoms with Crippen LogP contribution in [-0.4, -0.2) is 28.8 Å². The van der Waals surface area contributed by atoms with Gasteiger partial charge in [0.25, 0.3) is 0 Å². The monoisotopic (exact) mass is 344 g/mol. The number of nitrogens with zero attached hydrogens (tertiary/aromatic N) is 1. The zero-order valence-electron chi connectivity index (χ0n) is 12.6. The Morgan fingerprint density at radius 1 is 1.56 bits per heavy atom. The first-order valence-corrected chi connectivity index (χ1v) is 7.26.